The molecule has 1 amide bonds. The van der Waals surface area contributed by atoms with Crippen molar-refractivity contribution in [3.8, 4) is 11.5 Å². The zero-order valence-corrected chi connectivity index (χ0v) is 34.9. The number of rotatable bonds is 23. The van der Waals surface area contributed by atoms with Crippen LogP contribution in [-0.2, 0) is 68.1 Å². The van der Waals surface area contributed by atoms with E-state index in [1.807, 2.05) is 175 Å². The largest absolute Gasteiger partial charge is 0.497 e. The van der Waals surface area contributed by atoms with E-state index in [2.05, 4.69) is 0 Å². The summed E-state index contributed by atoms with van der Waals surface area (Å²) in [6.07, 6.45) is -2.48. The first-order valence-electron chi connectivity index (χ1n) is 20.8. The molecule has 5 atom stereocenters. The monoisotopic (exact) mass is 821 g/mol. The molecule has 1 aliphatic rings. The van der Waals surface area contributed by atoms with Crippen molar-refractivity contribution in [3.05, 3.63) is 203 Å². The molecule has 1 heterocycles. The van der Waals surface area contributed by atoms with Gasteiger partial charge in [0.25, 0.3) is 0 Å². The van der Waals surface area contributed by atoms with Crippen LogP contribution in [0.15, 0.2) is 170 Å². The Kier molecular flexibility index (Phi) is 16.1. The van der Waals surface area contributed by atoms with Crippen LogP contribution in [0.1, 0.15) is 39.8 Å². The summed E-state index contributed by atoms with van der Waals surface area (Å²) in [5.41, 5.74) is 5.93. The van der Waals surface area contributed by atoms with Crippen molar-refractivity contribution in [2.24, 2.45) is 0 Å². The van der Waals surface area contributed by atoms with Gasteiger partial charge in [0.15, 0.2) is 0 Å². The maximum atomic E-state index is 14.4. The van der Waals surface area contributed by atoms with Crippen LogP contribution in [0, 0.1) is 0 Å². The van der Waals surface area contributed by atoms with Gasteiger partial charge in [0.05, 0.1) is 72.4 Å². The molecule has 61 heavy (non-hydrogen) atoms. The number of ether oxygens (including phenoxy) is 7. The number of hydrogen-bond donors (Lipinski definition) is 0. The van der Waals surface area contributed by atoms with E-state index in [0.717, 1.165) is 44.9 Å². The van der Waals surface area contributed by atoms with Gasteiger partial charge in [-0.2, -0.15) is 0 Å². The normalized spacial score (nSPS) is 16.6. The van der Waals surface area contributed by atoms with Crippen molar-refractivity contribution < 1.29 is 38.0 Å². The summed E-state index contributed by atoms with van der Waals surface area (Å²) in [7, 11) is 3.30. The second-order valence-corrected chi connectivity index (χ2v) is 15.1. The molecule has 0 N–H and O–H groups in total. The van der Waals surface area contributed by atoms with Crippen LogP contribution in [0.25, 0.3) is 0 Å². The van der Waals surface area contributed by atoms with Crippen molar-refractivity contribution >= 4 is 5.91 Å². The topological polar surface area (TPSA) is 84.9 Å². The van der Waals surface area contributed by atoms with Gasteiger partial charge in [-0.25, -0.2) is 0 Å². The number of nitrogens with zero attached hydrogens (tertiary/aromatic N) is 1. The first-order valence-corrected chi connectivity index (χ1v) is 20.8. The summed E-state index contributed by atoms with van der Waals surface area (Å²) in [6, 6.07) is 55.3. The number of methoxy groups -OCH3 is 2. The number of carbonyl (C=O) groups is 1. The van der Waals surface area contributed by atoms with Crippen molar-refractivity contribution in [1.29, 1.82) is 0 Å². The molecule has 0 aromatic heterocycles. The number of hydrogen-bond acceptors (Lipinski definition) is 8. The molecule has 316 valence electrons. The van der Waals surface area contributed by atoms with Crippen molar-refractivity contribution in [2.45, 2.75) is 76.5 Å². The molecule has 0 radical (unpaired) electrons. The number of benzene rings is 6. The van der Waals surface area contributed by atoms with Crippen LogP contribution >= 0.6 is 0 Å². The lowest BCUT2D eigenvalue weighted by Gasteiger charge is -2.41. The highest BCUT2D eigenvalue weighted by Gasteiger charge is 2.50. The minimum absolute atomic E-state index is 0.0356. The zero-order valence-electron chi connectivity index (χ0n) is 34.9. The van der Waals surface area contributed by atoms with Gasteiger partial charge in [0, 0.05) is 6.54 Å². The van der Waals surface area contributed by atoms with E-state index in [9.17, 15) is 4.79 Å². The van der Waals surface area contributed by atoms with Crippen LogP contribution in [0.2, 0.25) is 0 Å². The Morgan fingerprint density at radius 2 is 0.951 bits per heavy atom. The molecule has 0 unspecified atom stereocenters. The van der Waals surface area contributed by atoms with E-state index in [1.54, 1.807) is 14.2 Å². The second-order valence-electron chi connectivity index (χ2n) is 15.1. The van der Waals surface area contributed by atoms with E-state index < -0.39 is 30.5 Å². The Hall–Kier alpha value is -5.81. The first-order chi connectivity index (χ1) is 30.1. The van der Waals surface area contributed by atoms with E-state index in [1.165, 1.54) is 0 Å². The van der Waals surface area contributed by atoms with Gasteiger partial charge >= 0.3 is 0 Å². The average molecular weight is 822 g/mol. The van der Waals surface area contributed by atoms with Crippen molar-refractivity contribution in [1.82, 2.24) is 4.90 Å². The van der Waals surface area contributed by atoms with Gasteiger partial charge < -0.3 is 38.1 Å². The summed E-state index contributed by atoms with van der Waals surface area (Å²) >= 11 is 0. The van der Waals surface area contributed by atoms with Crippen LogP contribution in [-0.4, -0.2) is 62.1 Å². The van der Waals surface area contributed by atoms with E-state index >= 15 is 0 Å². The Balaban J connectivity index is 1.29. The molecule has 7 rings (SSSR count). The fourth-order valence-corrected chi connectivity index (χ4v) is 7.59. The summed E-state index contributed by atoms with van der Waals surface area (Å²) in [6.45, 7) is 2.02. The van der Waals surface area contributed by atoms with Gasteiger partial charge in [-0.15, -0.1) is 0 Å². The van der Waals surface area contributed by atoms with Crippen LogP contribution in [0.3, 0.4) is 0 Å². The Labute approximate surface area is 359 Å². The molecule has 9 heteroatoms. The smallest absolute Gasteiger partial charge is 0.226 e. The maximum absolute atomic E-state index is 14.4. The first kappa shape index (κ1) is 43.3. The maximum Gasteiger partial charge on any atom is 0.226 e. The van der Waals surface area contributed by atoms with Gasteiger partial charge in [-0.05, 0) is 57.6 Å². The number of amides is 1. The molecule has 1 aliphatic heterocycles. The molecule has 0 saturated carbocycles. The highest BCUT2D eigenvalue weighted by Crippen LogP contribution is 2.34. The van der Waals surface area contributed by atoms with Gasteiger partial charge in [0.1, 0.15) is 29.8 Å². The van der Waals surface area contributed by atoms with Crippen molar-refractivity contribution in [2.75, 3.05) is 20.8 Å². The predicted molar refractivity (Wildman–Crippen MR) is 235 cm³/mol. The predicted octanol–water partition coefficient (Wildman–Crippen LogP) is 9.36. The fourth-order valence-electron chi connectivity index (χ4n) is 7.59. The molecule has 1 fully saturated rings. The summed E-state index contributed by atoms with van der Waals surface area (Å²) < 4.78 is 45.3. The lowest BCUT2D eigenvalue weighted by Crippen LogP contribution is -2.57. The molecule has 6 aromatic carbocycles. The molecule has 0 bridgehead atoms. The zero-order chi connectivity index (χ0) is 42.1. The average Bonchev–Trinajstić information content (AvgIpc) is 3.62. The highest BCUT2D eigenvalue weighted by atomic mass is 16.6. The molecule has 0 aliphatic carbocycles. The van der Waals surface area contributed by atoms with Gasteiger partial charge in [-0.3, -0.25) is 4.79 Å². The Bertz CT molecular complexity index is 2160. The summed E-state index contributed by atoms with van der Waals surface area (Å²) in [4.78, 5) is 16.3. The summed E-state index contributed by atoms with van der Waals surface area (Å²) in [5.74, 6) is 1.48. The lowest BCUT2D eigenvalue weighted by atomic mass is 9.95. The van der Waals surface area contributed by atoms with Gasteiger partial charge in [-0.1, -0.05) is 146 Å². The van der Waals surface area contributed by atoms with E-state index in [0.29, 0.717) is 26.4 Å². The summed E-state index contributed by atoms with van der Waals surface area (Å²) in [5, 5.41) is 0. The molecule has 6 aromatic rings. The highest BCUT2D eigenvalue weighted by molar-refractivity contribution is 5.80. The standard InChI is InChI=1S/C52H55NO8/c1-55-45-27-23-39(24-28-45)32-53-49(54)31-47(58-34-40-15-7-3-8-16-40)50(53)52(61-37-43-21-13-6-14-22-43)51(60-36-42-19-11-5-12-20-42)48(59-35-41-17-9-4-10-18-41)38-57-33-44-25-29-46(56-2)30-26-44/h3-30,47-48,50-52H,31-38H2,1-2H3/t47-,48+,50-,51-,52-/m1/s1. The minimum Gasteiger partial charge on any atom is -0.497 e. The van der Waals surface area contributed by atoms with Crippen LogP contribution in [0.5, 0.6) is 11.5 Å². The Morgan fingerprint density at radius 3 is 1.46 bits per heavy atom. The van der Waals surface area contributed by atoms with Crippen LogP contribution < -0.4 is 9.47 Å². The fraction of sp³-hybridized carbons (Fsp3) is 0.288. The van der Waals surface area contributed by atoms with Crippen molar-refractivity contribution in [3.63, 3.8) is 0 Å². The van der Waals surface area contributed by atoms with Crippen LogP contribution in [0.4, 0.5) is 0 Å². The lowest BCUT2D eigenvalue weighted by molar-refractivity contribution is -0.191. The quantitative estimate of drug-likeness (QED) is 0.0633. The molecule has 9 nitrogen and oxygen atoms in total. The molecular formula is C52H55NO8. The van der Waals surface area contributed by atoms with E-state index in [-0.39, 0.29) is 32.1 Å². The molecule has 0 spiro atoms. The third-order valence-electron chi connectivity index (χ3n) is 10.9. The van der Waals surface area contributed by atoms with Gasteiger partial charge in [0.2, 0.25) is 5.91 Å². The van der Waals surface area contributed by atoms with E-state index in [4.69, 9.17) is 33.2 Å². The number of likely N-dealkylation sites (tertiary alicyclic amines) is 1. The SMILES string of the molecule is COc1ccc(COC[C@H](OCc2ccccc2)[C@@H](OCc2ccccc2)[C@H](OCc2ccccc2)[C@H]2[C@H](OCc3ccccc3)CC(=O)N2Cc2ccc(OC)cc2)cc1. The third-order valence-corrected chi connectivity index (χ3v) is 10.9. The third kappa shape index (κ3) is 12.6. The molecule has 1 saturated heterocycles. The number of carbonyl (C=O) groups excluding carboxylic acids is 1. The second kappa shape index (κ2) is 22.7. The Morgan fingerprint density at radius 1 is 0.508 bits per heavy atom. The molecular weight excluding hydrogens is 767 g/mol. The minimum atomic E-state index is -0.736.